The molecule has 0 atom stereocenters. The van der Waals surface area contributed by atoms with Crippen LogP contribution in [0.25, 0.3) is 10.9 Å². The van der Waals surface area contributed by atoms with Crippen LogP contribution in [0.15, 0.2) is 59.2 Å². The van der Waals surface area contributed by atoms with Crippen molar-refractivity contribution in [3.63, 3.8) is 0 Å². The van der Waals surface area contributed by atoms with E-state index in [4.69, 9.17) is 4.74 Å². The van der Waals surface area contributed by atoms with Gasteiger partial charge in [0, 0.05) is 16.1 Å². The molecule has 0 aliphatic rings. The number of ether oxygens (including phenoxy) is 1. The highest BCUT2D eigenvalue weighted by Gasteiger charge is 2.08. The number of benzene rings is 2. The van der Waals surface area contributed by atoms with Crippen molar-refractivity contribution in [1.29, 1.82) is 0 Å². The van der Waals surface area contributed by atoms with E-state index in [9.17, 15) is 4.79 Å². The summed E-state index contributed by atoms with van der Waals surface area (Å²) in [6.45, 7) is 1.95. The monoisotopic (exact) mass is 370 g/mol. The standard InChI is InChI=1S/C18H15BrN2O2/c1-12-4-9-16(15-3-2-10-20-18(12)15)21-17(22)11-23-14-7-5-13(19)6-8-14/h2-10H,11H2,1H3,(H,21,22). The highest BCUT2D eigenvalue weighted by Crippen LogP contribution is 2.24. The third-order valence-electron chi connectivity index (χ3n) is 3.43. The molecule has 1 heterocycles. The fourth-order valence-electron chi connectivity index (χ4n) is 2.29. The van der Waals surface area contributed by atoms with Crippen LogP contribution in [-0.2, 0) is 4.79 Å². The minimum Gasteiger partial charge on any atom is -0.484 e. The molecule has 0 unspecified atom stereocenters. The molecule has 5 heteroatoms. The van der Waals surface area contributed by atoms with E-state index in [1.807, 2.05) is 55.5 Å². The molecule has 1 aromatic heterocycles. The summed E-state index contributed by atoms with van der Waals surface area (Å²) >= 11 is 3.36. The normalized spacial score (nSPS) is 10.5. The summed E-state index contributed by atoms with van der Waals surface area (Å²) in [5.41, 5.74) is 2.70. The first-order chi connectivity index (χ1) is 11.1. The van der Waals surface area contributed by atoms with Crippen LogP contribution in [0, 0.1) is 6.92 Å². The van der Waals surface area contributed by atoms with E-state index in [0.717, 1.165) is 26.6 Å². The van der Waals surface area contributed by atoms with Gasteiger partial charge < -0.3 is 10.1 Å². The molecule has 0 saturated heterocycles. The average Bonchev–Trinajstić information content (AvgIpc) is 2.57. The first kappa shape index (κ1) is 15.5. The molecule has 23 heavy (non-hydrogen) atoms. The Kier molecular flexibility index (Phi) is 4.57. The third kappa shape index (κ3) is 3.68. The lowest BCUT2D eigenvalue weighted by Gasteiger charge is -2.11. The number of pyridine rings is 1. The second-order valence-corrected chi connectivity index (χ2v) is 6.04. The van der Waals surface area contributed by atoms with E-state index in [1.165, 1.54) is 0 Å². The summed E-state index contributed by atoms with van der Waals surface area (Å²) < 4.78 is 6.45. The van der Waals surface area contributed by atoms with Crippen LogP contribution >= 0.6 is 15.9 Å². The minimum absolute atomic E-state index is 0.0444. The Morgan fingerprint density at radius 1 is 1.17 bits per heavy atom. The molecular formula is C18H15BrN2O2. The Morgan fingerprint density at radius 2 is 1.96 bits per heavy atom. The molecule has 1 N–H and O–H groups in total. The third-order valence-corrected chi connectivity index (χ3v) is 3.96. The van der Waals surface area contributed by atoms with Crippen molar-refractivity contribution in [2.45, 2.75) is 6.92 Å². The second kappa shape index (κ2) is 6.79. The maximum atomic E-state index is 12.1. The summed E-state index contributed by atoms with van der Waals surface area (Å²) in [6, 6.07) is 15.0. The number of carbonyl (C=O) groups excluding carboxylic acids is 1. The lowest BCUT2D eigenvalue weighted by molar-refractivity contribution is -0.118. The van der Waals surface area contributed by atoms with Crippen molar-refractivity contribution in [3.8, 4) is 5.75 Å². The molecule has 0 aliphatic carbocycles. The molecule has 0 fully saturated rings. The summed E-state index contributed by atoms with van der Waals surface area (Å²) in [5.74, 6) is 0.445. The average molecular weight is 371 g/mol. The number of rotatable bonds is 4. The number of nitrogens with one attached hydrogen (secondary N) is 1. The van der Waals surface area contributed by atoms with Gasteiger partial charge in [0.1, 0.15) is 5.75 Å². The molecule has 2 aromatic carbocycles. The van der Waals surface area contributed by atoms with Crippen LogP contribution in [0.4, 0.5) is 5.69 Å². The van der Waals surface area contributed by atoms with Crippen molar-refractivity contribution in [2.75, 3.05) is 11.9 Å². The Morgan fingerprint density at radius 3 is 2.74 bits per heavy atom. The fourth-order valence-corrected chi connectivity index (χ4v) is 2.55. The van der Waals surface area contributed by atoms with Gasteiger partial charge in [-0.15, -0.1) is 0 Å². The quantitative estimate of drug-likeness (QED) is 0.743. The Hall–Kier alpha value is -2.40. The van der Waals surface area contributed by atoms with E-state index in [0.29, 0.717) is 5.75 Å². The van der Waals surface area contributed by atoms with Gasteiger partial charge in [-0.25, -0.2) is 0 Å². The van der Waals surface area contributed by atoms with Gasteiger partial charge in [0.15, 0.2) is 6.61 Å². The molecule has 0 radical (unpaired) electrons. The summed E-state index contributed by atoms with van der Waals surface area (Å²) in [5, 5.41) is 3.80. The summed E-state index contributed by atoms with van der Waals surface area (Å²) in [4.78, 5) is 16.5. The van der Waals surface area contributed by atoms with Crippen LogP contribution in [0.2, 0.25) is 0 Å². The number of hydrogen-bond donors (Lipinski definition) is 1. The summed E-state index contributed by atoms with van der Waals surface area (Å²) in [6.07, 6.45) is 1.75. The number of amides is 1. The number of halogens is 1. The van der Waals surface area contributed by atoms with Crippen molar-refractivity contribution >= 4 is 38.4 Å². The topological polar surface area (TPSA) is 51.2 Å². The van der Waals surface area contributed by atoms with Gasteiger partial charge in [-0.2, -0.15) is 0 Å². The van der Waals surface area contributed by atoms with Gasteiger partial charge in [-0.05, 0) is 55.0 Å². The maximum Gasteiger partial charge on any atom is 0.262 e. The number of carbonyl (C=O) groups is 1. The molecule has 0 spiro atoms. The number of fused-ring (bicyclic) bond motifs is 1. The highest BCUT2D eigenvalue weighted by atomic mass is 79.9. The first-order valence-corrected chi connectivity index (χ1v) is 7.95. The van der Waals surface area contributed by atoms with Gasteiger partial charge >= 0.3 is 0 Å². The maximum absolute atomic E-state index is 12.1. The van der Waals surface area contributed by atoms with Crippen LogP contribution in [0.5, 0.6) is 5.75 Å². The van der Waals surface area contributed by atoms with Crippen molar-refractivity contribution in [1.82, 2.24) is 4.98 Å². The lowest BCUT2D eigenvalue weighted by atomic mass is 10.1. The summed E-state index contributed by atoms with van der Waals surface area (Å²) in [7, 11) is 0. The first-order valence-electron chi connectivity index (χ1n) is 7.16. The minimum atomic E-state index is -0.207. The van der Waals surface area contributed by atoms with Crippen LogP contribution in [-0.4, -0.2) is 17.5 Å². The molecule has 3 aromatic rings. The number of aromatic nitrogens is 1. The van der Waals surface area contributed by atoms with Crippen molar-refractivity contribution in [3.05, 3.63) is 64.8 Å². The van der Waals surface area contributed by atoms with Crippen molar-refractivity contribution in [2.24, 2.45) is 0 Å². The van der Waals surface area contributed by atoms with Gasteiger partial charge in [0.05, 0.1) is 11.2 Å². The molecule has 0 bridgehead atoms. The molecule has 4 nitrogen and oxygen atoms in total. The Labute approximate surface area is 142 Å². The van der Waals surface area contributed by atoms with E-state index in [-0.39, 0.29) is 12.5 Å². The molecular weight excluding hydrogens is 356 g/mol. The SMILES string of the molecule is Cc1ccc(NC(=O)COc2ccc(Br)cc2)c2cccnc12. The van der Waals surface area contributed by atoms with Gasteiger partial charge in [0.25, 0.3) is 5.91 Å². The number of anilines is 1. The van der Waals surface area contributed by atoms with E-state index in [1.54, 1.807) is 6.20 Å². The second-order valence-electron chi connectivity index (χ2n) is 5.12. The van der Waals surface area contributed by atoms with Gasteiger partial charge in [0.2, 0.25) is 0 Å². The molecule has 0 aliphatic heterocycles. The van der Waals surface area contributed by atoms with Crippen molar-refractivity contribution < 1.29 is 9.53 Å². The number of nitrogens with zero attached hydrogens (tertiary/aromatic N) is 1. The lowest BCUT2D eigenvalue weighted by Crippen LogP contribution is -2.20. The zero-order chi connectivity index (χ0) is 16.2. The van der Waals surface area contributed by atoms with E-state index < -0.39 is 0 Å². The molecule has 0 saturated carbocycles. The Balaban J connectivity index is 1.71. The van der Waals surface area contributed by atoms with Crippen LogP contribution in [0.1, 0.15) is 5.56 Å². The smallest absolute Gasteiger partial charge is 0.262 e. The zero-order valence-electron chi connectivity index (χ0n) is 12.5. The van der Waals surface area contributed by atoms with E-state index >= 15 is 0 Å². The number of aryl methyl sites for hydroxylation is 1. The van der Waals surface area contributed by atoms with E-state index in [2.05, 4.69) is 26.2 Å². The van der Waals surface area contributed by atoms with Crippen LogP contribution < -0.4 is 10.1 Å². The van der Waals surface area contributed by atoms with Gasteiger partial charge in [-0.3, -0.25) is 9.78 Å². The molecule has 116 valence electrons. The fraction of sp³-hybridized carbons (Fsp3) is 0.111. The Bertz CT molecular complexity index is 847. The van der Waals surface area contributed by atoms with Crippen LogP contribution in [0.3, 0.4) is 0 Å². The number of hydrogen-bond acceptors (Lipinski definition) is 3. The molecule has 1 amide bonds. The molecule has 3 rings (SSSR count). The highest BCUT2D eigenvalue weighted by molar-refractivity contribution is 9.10. The van der Waals surface area contributed by atoms with Gasteiger partial charge in [-0.1, -0.05) is 22.0 Å². The predicted molar refractivity (Wildman–Crippen MR) is 94.7 cm³/mol. The zero-order valence-corrected chi connectivity index (χ0v) is 14.1. The largest absolute Gasteiger partial charge is 0.484 e. The predicted octanol–water partition coefficient (Wildman–Crippen LogP) is 4.32.